The molecule has 102 valence electrons. The van der Waals surface area contributed by atoms with Gasteiger partial charge in [-0.1, -0.05) is 0 Å². The Bertz CT molecular complexity index is 570. The number of hydrogen-bond donors (Lipinski definition) is 2. The molecule has 6 nitrogen and oxygen atoms in total. The highest BCUT2D eigenvalue weighted by Crippen LogP contribution is 2.19. The molecule has 1 amide bonds. The Morgan fingerprint density at radius 1 is 1.63 bits per heavy atom. The molecule has 6 heteroatoms. The molecule has 0 bridgehead atoms. The van der Waals surface area contributed by atoms with Gasteiger partial charge in [0.25, 0.3) is 5.91 Å². The summed E-state index contributed by atoms with van der Waals surface area (Å²) < 4.78 is 6.65. The summed E-state index contributed by atoms with van der Waals surface area (Å²) in [6.45, 7) is 3.46. The van der Waals surface area contributed by atoms with Gasteiger partial charge in [-0.2, -0.15) is 5.10 Å². The fourth-order valence-electron chi connectivity index (χ4n) is 1.84. The molecule has 2 N–H and O–H groups in total. The fourth-order valence-corrected chi connectivity index (χ4v) is 1.84. The van der Waals surface area contributed by atoms with Crippen LogP contribution in [0.1, 0.15) is 28.9 Å². The largest absolute Gasteiger partial charge is 0.466 e. The zero-order chi connectivity index (χ0) is 14.0. The molecule has 0 aliphatic carbocycles. The Kier molecular flexibility index (Phi) is 3.44. The monoisotopic (exact) mass is 263 g/mol. The number of aliphatic hydroxyl groups is 1. The van der Waals surface area contributed by atoms with Gasteiger partial charge in [0.2, 0.25) is 0 Å². The molecule has 2 aromatic rings. The minimum Gasteiger partial charge on any atom is -0.466 e. The third kappa shape index (κ3) is 2.85. The van der Waals surface area contributed by atoms with Crippen LogP contribution in [0.25, 0.3) is 0 Å². The Morgan fingerprint density at radius 3 is 2.89 bits per heavy atom. The highest BCUT2D eigenvalue weighted by molar-refractivity contribution is 5.92. The van der Waals surface area contributed by atoms with Crippen LogP contribution in [0.2, 0.25) is 0 Å². The van der Waals surface area contributed by atoms with Crippen molar-refractivity contribution in [3.63, 3.8) is 0 Å². The highest BCUT2D eigenvalue weighted by atomic mass is 16.4. The Morgan fingerprint density at radius 2 is 2.37 bits per heavy atom. The highest BCUT2D eigenvalue weighted by Gasteiger charge is 2.27. The summed E-state index contributed by atoms with van der Waals surface area (Å²) >= 11 is 0. The van der Waals surface area contributed by atoms with Crippen molar-refractivity contribution in [1.82, 2.24) is 15.1 Å². The van der Waals surface area contributed by atoms with Crippen molar-refractivity contribution in [2.45, 2.75) is 19.4 Å². The zero-order valence-corrected chi connectivity index (χ0v) is 11.2. The van der Waals surface area contributed by atoms with Gasteiger partial charge in [-0.3, -0.25) is 9.48 Å². The first kappa shape index (κ1) is 13.4. The number of carbonyl (C=O) groups is 1. The number of hydrogen-bond acceptors (Lipinski definition) is 4. The third-order valence-corrected chi connectivity index (χ3v) is 2.88. The van der Waals surface area contributed by atoms with Crippen LogP contribution in [0.5, 0.6) is 0 Å². The number of amides is 1. The first-order valence-electron chi connectivity index (χ1n) is 5.95. The molecule has 2 rings (SSSR count). The van der Waals surface area contributed by atoms with Gasteiger partial charge in [0.15, 0.2) is 0 Å². The van der Waals surface area contributed by atoms with E-state index in [2.05, 4.69) is 10.4 Å². The van der Waals surface area contributed by atoms with Crippen molar-refractivity contribution in [1.29, 1.82) is 0 Å². The van der Waals surface area contributed by atoms with E-state index >= 15 is 0 Å². The van der Waals surface area contributed by atoms with E-state index in [9.17, 15) is 9.90 Å². The first-order chi connectivity index (χ1) is 8.90. The van der Waals surface area contributed by atoms with Gasteiger partial charge in [-0.05, 0) is 32.0 Å². The van der Waals surface area contributed by atoms with E-state index < -0.39 is 5.60 Å². The lowest BCUT2D eigenvalue weighted by Gasteiger charge is -2.21. The van der Waals surface area contributed by atoms with Crippen molar-refractivity contribution < 1.29 is 14.3 Å². The maximum atomic E-state index is 12.0. The lowest BCUT2D eigenvalue weighted by Crippen LogP contribution is -2.39. The fraction of sp³-hybridized carbons (Fsp3) is 0.385. The van der Waals surface area contributed by atoms with Crippen molar-refractivity contribution in [2.24, 2.45) is 7.05 Å². The van der Waals surface area contributed by atoms with E-state index in [1.165, 1.54) is 10.9 Å². The molecule has 0 aliphatic heterocycles. The van der Waals surface area contributed by atoms with Crippen molar-refractivity contribution in [3.8, 4) is 0 Å². The number of rotatable bonds is 4. The van der Waals surface area contributed by atoms with Crippen LogP contribution in [0.3, 0.4) is 0 Å². The molecular weight excluding hydrogens is 246 g/mol. The van der Waals surface area contributed by atoms with Gasteiger partial charge < -0.3 is 14.8 Å². The molecule has 0 spiro atoms. The smallest absolute Gasteiger partial charge is 0.269 e. The second-order valence-corrected chi connectivity index (χ2v) is 4.73. The van der Waals surface area contributed by atoms with E-state index in [0.29, 0.717) is 11.5 Å². The summed E-state index contributed by atoms with van der Waals surface area (Å²) in [4.78, 5) is 12.0. The topological polar surface area (TPSA) is 80.3 Å². The summed E-state index contributed by atoms with van der Waals surface area (Å²) in [7, 11) is 1.70. The number of carbonyl (C=O) groups excluding carboxylic acids is 1. The summed E-state index contributed by atoms with van der Waals surface area (Å²) in [5.74, 6) is 0.129. The molecule has 19 heavy (non-hydrogen) atoms. The van der Waals surface area contributed by atoms with Crippen molar-refractivity contribution in [2.75, 3.05) is 6.54 Å². The third-order valence-electron chi connectivity index (χ3n) is 2.88. The Hall–Kier alpha value is -2.08. The summed E-state index contributed by atoms with van der Waals surface area (Å²) in [6.07, 6.45) is 1.48. The van der Waals surface area contributed by atoms with Gasteiger partial charge in [-0.15, -0.1) is 0 Å². The second kappa shape index (κ2) is 4.89. The van der Waals surface area contributed by atoms with E-state index in [-0.39, 0.29) is 12.5 Å². The maximum Gasteiger partial charge on any atom is 0.269 e. The van der Waals surface area contributed by atoms with Crippen molar-refractivity contribution in [3.05, 3.63) is 41.6 Å². The molecule has 0 saturated heterocycles. The molecule has 0 fully saturated rings. The van der Waals surface area contributed by atoms with Crippen LogP contribution in [0.4, 0.5) is 0 Å². The molecular formula is C13H17N3O3. The van der Waals surface area contributed by atoms with Crippen LogP contribution >= 0.6 is 0 Å². The molecule has 2 aromatic heterocycles. The predicted molar refractivity (Wildman–Crippen MR) is 68.6 cm³/mol. The number of aryl methyl sites for hydroxylation is 2. The minimum atomic E-state index is -1.24. The van der Waals surface area contributed by atoms with Crippen LogP contribution < -0.4 is 5.32 Å². The molecule has 0 aromatic carbocycles. The quantitative estimate of drug-likeness (QED) is 0.861. The van der Waals surface area contributed by atoms with Gasteiger partial charge >= 0.3 is 0 Å². The van der Waals surface area contributed by atoms with E-state index in [1.54, 1.807) is 32.2 Å². The van der Waals surface area contributed by atoms with Gasteiger partial charge in [0.1, 0.15) is 17.1 Å². The van der Waals surface area contributed by atoms with Gasteiger partial charge in [0, 0.05) is 7.05 Å². The van der Waals surface area contributed by atoms with E-state index in [1.807, 2.05) is 6.92 Å². The lowest BCUT2D eigenvalue weighted by atomic mass is 10.0. The first-order valence-corrected chi connectivity index (χ1v) is 5.95. The molecule has 0 saturated carbocycles. The SMILES string of the molecule is Cc1cc(C(=O)NCC(C)(O)c2ccco2)n(C)n1. The van der Waals surface area contributed by atoms with Crippen LogP contribution in [0.15, 0.2) is 28.9 Å². The van der Waals surface area contributed by atoms with Crippen molar-refractivity contribution >= 4 is 5.91 Å². The molecule has 2 heterocycles. The average Bonchev–Trinajstić information content (AvgIpc) is 2.96. The van der Waals surface area contributed by atoms with E-state index in [0.717, 1.165) is 5.69 Å². The van der Waals surface area contributed by atoms with Crippen LogP contribution in [-0.2, 0) is 12.6 Å². The zero-order valence-electron chi connectivity index (χ0n) is 11.2. The summed E-state index contributed by atoms with van der Waals surface area (Å²) in [5.41, 5.74) is -0.0227. The summed E-state index contributed by atoms with van der Waals surface area (Å²) in [6, 6.07) is 5.05. The number of furan rings is 1. The number of aromatic nitrogens is 2. The average molecular weight is 263 g/mol. The summed E-state index contributed by atoms with van der Waals surface area (Å²) in [5, 5.41) is 17.0. The number of nitrogens with zero attached hydrogens (tertiary/aromatic N) is 2. The Balaban J connectivity index is 2.03. The van der Waals surface area contributed by atoms with Crippen LogP contribution in [0, 0.1) is 6.92 Å². The Labute approximate surface area is 111 Å². The normalized spacial score (nSPS) is 14.1. The maximum absolute atomic E-state index is 12.0. The molecule has 0 aliphatic rings. The molecule has 1 atom stereocenters. The minimum absolute atomic E-state index is 0.0591. The van der Waals surface area contributed by atoms with E-state index in [4.69, 9.17) is 4.42 Å². The van der Waals surface area contributed by atoms with Gasteiger partial charge in [0.05, 0.1) is 18.5 Å². The van der Waals surface area contributed by atoms with Gasteiger partial charge in [-0.25, -0.2) is 0 Å². The number of nitrogens with one attached hydrogen (secondary N) is 1. The standard InChI is InChI=1S/C13H17N3O3/c1-9-7-10(16(3)15-9)12(17)14-8-13(2,18)11-5-4-6-19-11/h4-7,18H,8H2,1-3H3,(H,14,17). The lowest BCUT2D eigenvalue weighted by molar-refractivity contribution is 0.0328. The second-order valence-electron chi connectivity index (χ2n) is 4.73. The predicted octanol–water partition coefficient (Wildman–Crippen LogP) is 0.959. The van der Waals surface area contributed by atoms with Crippen LogP contribution in [-0.4, -0.2) is 27.3 Å². The molecule has 0 radical (unpaired) electrons. The molecule has 1 unspecified atom stereocenters.